The molecular weight excluding hydrogens is 432 g/mol. The first-order chi connectivity index (χ1) is 16.5. The molecule has 34 heavy (non-hydrogen) atoms. The normalized spacial score (nSPS) is 13.2. The van der Waals surface area contributed by atoms with E-state index in [1.54, 1.807) is 42.2 Å². The molecule has 0 radical (unpaired) electrons. The molecule has 8 heteroatoms. The number of esters is 1. The zero-order chi connectivity index (χ0) is 24.5. The summed E-state index contributed by atoms with van der Waals surface area (Å²) in [7, 11) is 0. The Morgan fingerprint density at radius 3 is 2.12 bits per heavy atom. The van der Waals surface area contributed by atoms with Gasteiger partial charge >= 0.3 is 12.0 Å². The number of urea groups is 1. The number of hydrogen-bond acceptors (Lipinski definition) is 5. The summed E-state index contributed by atoms with van der Waals surface area (Å²) in [6.07, 6.45) is 3.42. The lowest BCUT2D eigenvalue weighted by molar-refractivity contribution is 0.0526. The standard InChI is InChI=1S/C26H34N4O4/c1-4-29(5-2)24(31)22-18-21(14-15-23(22)30-16-8-7-9-17-30)28-26(33)27-20-12-10-19(11-13-20)25(32)34-6-3/h10-15,18H,4-9,16-17H2,1-3H3,(H2,27,28,33). The molecule has 0 spiro atoms. The van der Waals surface area contributed by atoms with Crippen LogP contribution in [0.5, 0.6) is 0 Å². The summed E-state index contributed by atoms with van der Waals surface area (Å²) in [5.74, 6) is -0.443. The number of carbonyl (C=O) groups is 3. The van der Waals surface area contributed by atoms with Crippen molar-refractivity contribution >= 4 is 35.0 Å². The van der Waals surface area contributed by atoms with E-state index in [4.69, 9.17) is 4.74 Å². The molecule has 1 aliphatic heterocycles. The fourth-order valence-corrected chi connectivity index (χ4v) is 4.07. The van der Waals surface area contributed by atoms with E-state index in [0.29, 0.717) is 42.2 Å². The van der Waals surface area contributed by atoms with Crippen LogP contribution in [0.2, 0.25) is 0 Å². The van der Waals surface area contributed by atoms with E-state index >= 15 is 0 Å². The largest absolute Gasteiger partial charge is 0.462 e. The number of ether oxygens (including phenoxy) is 1. The molecule has 0 bridgehead atoms. The molecule has 1 aliphatic rings. The highest BCUT2D eigenvalue weighted by molar-refractivity contribution is 6.04. The van der Waals surface area contributed by atoms with Gasteiger partial charge in [-0.15, -0.1) is 0 Å². The average Bonchev–Trinajstić information content (AvgIpc) is 2.85. The van der Waals surface area contributed by atoms with Crippen LogP contribution in [0.15, 0.2) is 42.5 Å². The Bertz CT molecular complexity index is 996. The molecule has 0 unspecified atom stereocenters. The van der Waals surface area contributed by atoms with E-state index in [0.717, 1.165) is 31.6 Å². The third-order valence-electron chi connectivity index (χ3n) is 5.89. The van der Waals surface area contributed by atoms with Gasteiger partial charge in [-0.25, -0.2) is 9.59 Å². The first-order valence-electron chi connectivity index (χ1n) is 12.0. The van der Waals surface area contributed by atoms with E-state index in [1.165, 1.54) is 6.42 Å². The summed E-state index contributed by atoms with van der Waals surface area (Å²) in [5.41, 5.74) is 3.01. The van der Waals surface area contributed by atoms with Gasteiger partial charge in [-0.2, -0.15) is 0 Å². The lowest BCUT2D eigenvalue weighted by Gasteiger charge is -2.31. The first kappa shape index (κ1) is 25.1. The molecule has 0 aliphatic carbocycles. The fraction of sp³-hybridized carbons (Fsp3) is 0.423. The summed E-state index contributed by atoms with van der Waals surface area (Å²) >= 11 is 0. The van der Waals surface area contributed by atoms with Crippen molar-refractivity contribution in [3.63, 3.8) is 0 Å². The molecular formula is C26H34N4O4. The van der Waals surface area contributed by atoms with E-state index in [2.05, 4.69) is 15.5 Å². The maximum atomic E-state index is 13.3. The van der Waals surface area contributed by atoms with E-state index in [1.807, 2.05) is 26.0 Å². The number of nitrogens with zero attached hydrogens (tertiary/aromatic N) is 2. The minimum atomic E-state index is -0.434. The molecule has 2 N–H and O–H groups in total. The molecule has 1 saturated heterocycles. The number of amides is 3. The number of hydrogen-bond donors (Lipinski definition) is 2. The zero-order valence-corrected chi connectivity index (χ0v) is 20.2. The Morgan fingerprint density at radius 2 is 1.50 bits per heavy atom. The predicted octanol–water partition coefficient (Wildman–Crippen LogP) is 4.98. The number of carbonyl (C=O) groups excluding carboxylic acids is 3. The highest BCUT2D eigenvalue weighted by atomic mass is 16.5. The van der Waals surface area contributed by atoms with Crippen molar-refractivity contribution in [1.82, 2.24) is 4.90 Å². The Hall–Kier alpha value is -3.55. The van der Waals surface area contributed by atoms with Gasteiger partial charge in [0.05, 0.1) is 17.7 Å². The molecule has 1 fully saturated rings. The van der Waals surface area contributed by atoms with Crippen molar-refractivity contribution in [2.45, 2.75) is 40.0 Å². The van der Waals surface area contributed by atoms with Crippen LogP contribution in [0, 0.1) is 0 Å². The summed E-state index contributed by atoms with van der Waals surface area (Å²) < 4.78 is 4.97. The van der Waals surface area contributed by atoms with Crippen LogP contribution in [0.3, 0.4) is 0 Å². The van der Waals surface area contributed by atoms with E-state index in [9.17, 15) is 14.4 Å². The summed E-state index contributed by atoms with van der Waals surface area (Å²) in [5, 5.41) is 5.57. The zero-order valence-electron chi connectivity index (χ0n) is 20.2. The highest BCUT2D eigenvalue weighted by Crippen LogP contribution is 2.28. The molecule has 3 rings (SSSR count). The van der Waals surface area contributed by atoms with Gasteiger partial charge in [0, 0.05) is 43.2 Å². The van der Waals surface area contributed by atoms with Gasteiger partial charge in [-0.05, 0) is 82.5 Å². The number of rotatable bonds is 8. The van der Waals surface area contributed by atoms with Crippen LogP contribution in [0.1, 0.15) is 60.7 Å². The lowest BCUT2D eigenvalue weighted by atomic mass is 10.1. The predicted molar refractivity (Wildman–Crippen MR) is 135 cm³/mol. The molecule has 2 aromatic carbocycles. The van der Waals surface area contributed by atoms with E-state index in [-0.39, 0.29) is 5.91 Å². The van der Waals surface area contributed by atoms with Gasteiger partial charge in [0.1, 0.15) is 0 Å². The van der Waals surface area contributed by atoms with Crippen molar-refractivity contribution < 1.29 is 19.1 Å². The van der Waals surface area contributed by atoms with Crippen LogP contribution in [-0.4, -0.2) is 55.6 Å². The topological polar surface area (TPSA) is 91.0 Å². The first-order valence-corrected chi connectivity index (χ1v) is 12.0. The Labute approximate surface area is 201 Å². The number of nitrogens with one attached hydrogen (secondary N) is 2. The number of benzene rings is 2. The third-order valence-corrected chi connectivity index (χ3v) is 5.89. The van der Waals surface area contributed by atoms with Crippen molar-refractivity contribution in [2.75, 3.05) is 48.3 Å². The SMILES string of the molecule is CCOC(=O)c1ccc(NC(=O)Nc2ccc(N3CCCCC3)c(C(=O)N(CC)CC)c2)cc1. The van der Waals surface area contributed by atoms with E-state index < -0.39 is 12.0 Å². The molecule has 0 atom stereocenters. The van der Waals surface area contributed by atoms with Crippen LogP contribution >= 0.6 is 0 Å². The van der Waals surface area contributed by atoms with Gasteiger partial charge in [-0.1, -0.05) is 0 Å². The Kier molecular flexibility index (Phi) is 8.90. The summed E-state index contributed by atoms with van der Waals surface area (Å²) in [6, 6.07) is 11.5. The quantitative estimate of drug-likeness (QED) is 0.536. The van der Waals surface area contributed by atoms with Crippen molar-refractivity contribution in [1.29, 1.82) is 0 Å². The monoisotopic (exact) mass is 466 g/mol. The second-order valence-electron chi connectivity index (χ2n) is 8.13. The van der Waals surface area contributed by atoms with Crippen LogP contribution in [-0.2, 0) is 4.74 Å². The molecule has 8 nitrogen and oxygen atoms in total. The maximum absolute atomic E-state index is 13.3. The van der Waals surface area contributed by atoms with Gasteiger partial charge in [0.15, 0.2) is 0 Å². The van der Waals surface area contributed by atoms with Crippen molar-refractivity contribution in [3.8, 4) is 0 Å². The smallest absolute Gasteiger partial charge is 0.338 e. The van der Waals surface area contributed by atoms with Crippen LogP contribution in [0.25, 0.3) is 0 Å². The summed E-state index contributed by atoms with van der Waals surface area (Å²) in [4.78, 5) is 41.7. The summed E-state index contributed by atoms with van der Waals surface area (Å²) in [6.45, 7) is 9.06. The van der Waals surface area contributed by atoms with Gasteiger partial charge in [0.2, 0.25) is 0 Å². The second-order valence-corrected chi connectivity index (χ2v) is 8.13. The lowest BCUT2D eigenvalue weighted by Crippen LogP contribution is -2.35. The average molecular weight is 467 g/mol. The number of anilines is 3. The van der Waals surface area contributed by atoms with Gasteiger partial charge in [0.25, 0.3) is 5.91 Å². The minimum Gasteiger partial charge on any atom is -0.462 e. The minimum absolute atomic E-state index is 0.0378. The molecule has 3 amide bonds. The Morgan fingerprint density at radius 1 is 0.882 bits per heavy atom. The van der Waals surface area contributed by atoms with Gasteiger partial charge in [-0.3, -0.25) is 4.79 Å². The highest BCUT2D eigenvalue weighted by Gasteiger charge is 2.22. The molecule has 0 aromatic heterocycles. The maximum Gasteiger partial charge on any atom is 0.338 e. The molecule has 182 valence electrons. The fourth-order valence-electron chi connectivity index (χ4n) is 4.07. The Balaban J connectivity index is 1.75. The number of piperidine rings is 1. The van der Waals surface area contributed by atoms with Crippen LogP contribution in [0.4, 0.5) is 21.9 Å². The van der Waals surface area contributed by atoms with Crippen LogP contribution < -0.4 is 15.5 Å². The van der Waals surface area contributed by atoms with Crippen molar-refractivity contribution in [2.24, 2.45) is 0 Å². The van der Waals surface area contributed by atoms with Crippen molar-refractivity contribution in [3.05, 3.63) is 53.6 Å². The van der Waals surface area contributed by atoms with Gasteiger partial charge < -0.3 is 25.2 Å². The molecule has 2 aromatic rings. The third kappa shape index (κ3) is 6.27. The second kappa shape index (κ2) is 12.1. The molecule has 1 heterocycles. The molecule has 0 saturated carbocycles.